The van der Waals surface area contributed by atoms with E-state index < -0.39 is 0 Å². The Bertz CT molecular complexity index is 45.3. The molecule has 1 unspecified atom stereocenters. The molecule has 2 atom stereocenters. The van der Waals surface area contributed by atoms with Crippen molar-refractivity contribution in [1.29, 1.82) is 0 Å². The molecule has 0 saturated carbocycles. The first-order chi connectivity index (χ1) is 3.18. The molecule has 0 saturated heterocycles. The van der Waals surface area contributed by atoms with Crippen LogP contribution in [0.15, 0.2) is 0 Å². The highest BCUT2D eigenvalue weighted by Gasteiger charge is 2.04. The van der Waals surface area contributed by atoms with Crippen LogP contribution in [0.25, 0.3) is 0 Å². The van der Waals surface area contributed by atoms with Crippen molar-refractivity contribution in [2.24, 2.45) is 0 Å². The molecule has 0 aliphatic heterocycles. The van der Waals surface area contributed by atoms with Gasteiger partial charge in [-0.1, -0.05) is 6.92 Å². The van der Waals surface area contributed by atoms with Gasteiger partial charge in [0, 0.05) is 10.6 Å². The third-order valence-electron chi connectivity index (χ3n) is 1.02. The second-order valence-electron chi connectivity index (χ2n) is 1.62. The van der Waals surface area contributed by atoms with Gasteiger partial charge in [-0.15, -0.1) is 11.6 Å². The van der Waals surface area contributed by atoms with Crippen molar-refractivity contribution in [1.82, 2.24) is 0 Å². The minimum absolute atomic E-state index is 0.301. The molecule has 0 radical (unpaired) electrons. The van der Waals surface area contributed by atoms with Crippen LogP contribution in [-0.4, -0.2) is 16.9 Å². The first-order valence-electron chi connectivity index (χ1n) is 2.35. The smallest absolute Gasteiger partial charge is 0.0423 e. The van der Waals surface area contributed by atoms with Gasteiger partial charge in [-0.2, -0.15) is 11.8 Å². The van der Waals surface area contributed by atoms with E-state index in [9.17, 15) is 0 Å². The van der Waals surface area contributed by atoms with Crippen LogP contribution in [0.3, 0.4) is 0 Å². The molecule has 0 heterocycles. The summed E-state index contributed by atoms with van der Waals surface area (Å²) in [6.07, 6.45) is 2.07. The zero-order valence-electron chi connectivity index (χ0n) is 4.94. The molecular weight excluding hydrogens is 128 g/mol. The second-order valence-corrected chi connectivity index (χ2v) is 3.52. The predicted octanol–water partition coefficient (Wildman–Crippen LogP) is 2.37. The van der Waals surface area contributed by atoms with E-state index in [4.69, 9.17) is 11.6 Å². The Morgan fingerprint density at radius 2 is 1.86 bits per heavy atom. The highest BCUT2D eigenvalue weighted by atomic mass is 35.5. The molecule has 0 nitrogen and oxygen atoms in total. The summed E-state index contributed by atoms with van der Waals surface area (Å²) >= 11 is 7.51. The Morgan fingerprint density at radius 3 is 1.86 bits per heavy atom. The molecule has 7 heavy (non-hydrogen) atoms. The van der Waals surface area contributed by atoms with E-state index in [2.05, 4.69) is 13.2 Å². The van der Waals surface area contributed by atoms with Gasteiger partial charge in [0.1, 0.15) is 0 Å². The molecule has 0 aliphatic rings. The molecule has 0 spiro atoms. The van der Waals surface area contributed by atoms with Crippen molar-refractivity contribution >= 4 is 23.4 Å². The zero-order valence-corrected chi connectivity index (χ0v) is 6.51. The molecule has 0 aromatic carbocycles. The number of halogens is 1. The van der Waals surface area contributed by atoms with E-state index in [0.29, 0.717) is 10.6 Å². The van der Waals surface area contributed by atoms with Crippen molar-refractivity contribution in [3.05, 3.63) is 0 Å². The van der Waals surface area contributed by atoms with E-state index in [1.165, 1.54) is 0 Å². The third kappa shape index (κ3) is 3.24. The minimum atomic E-state index is 0.301. The first kappa shape index (κ1) is 7.64. The molecule has 0 amide bonds. The van der Waals surface area contributed by atoms with Gasteiger partial charge in [-0.05, 0) is 13.2 Å². The summed E-state index contributed by atoms with van der Waals surface area (Å²) in [7, 11) is 0. The topological polar surface area (TPSA) is 0 Å². The minimum Gasteiger partial charge on any atom is -0.161 e. The molecule has 0 bridgehead atoms. The Labute approximate surface area is 54.6 Å². The van der Waals surface area contributed by atoms with Crippen LogP contribution >= 0.6 is 23.4 Å². The largest absolute Gasteiger partial charge is 0.161 e. The lowest BCUT2D eigenvalue weighted by Crippen LogP contribution is -2.07. The summed E-state index contributed by atoms with van der Waals surface area (Å²) in [5.74, 6) is 0. The highest BCUT2D eigenvalue weighted by molar-refractivity contribution is 7.99. The average Bonchev–Trinajstić information content (AvgIpc) is 1.65. The van der Waals surface area contributed by atoms with Crippen LogP contribution < -0.4 is 0 Å². The van der Waals surface area contributed by atoms with Crippen molar-refractivity contribution in [3.63, 3.8) is 0 Å². The van der Waals surface area contributed by atoms with Crippen molar-refractivity contribution in [2.45, 2.75) is 24.5 Å². The van der Waals surface area contributed by atoms with Crippen LogP contribution in [0.2, 0.25) is 0 Å². The van der Waals surface area contributed by atoms with Crippen LogP contribution in [0.5, 0.6) is 0 Å². The lowest BCUT2D eigenvalue weighted by molar-refractivity contribution is 0.918. The monoisotopic (exact) mass is 138 g/mol. The van der Waals surface area contributed by atoms with Crippen LogP contribution in [-0.2, 0) is 0 Å². The molecule has 2 heteroatoms. The maximum absolute atomic E-state index is 5.71. The van der Waals surface area contributed by atoms with E-state index >= 15 is 0 Å². The van der Waals surface area contributed by atoms with Gasteiger partial charge in [0.25, 0.3) is 0 Å². The van der Waals surface area contributed by atoms with E-state index in [1.54, 1.807) is 11.8 Å². The lowest BCUT2D eigenvalue weighted by atomic mass is 10.4. The molecule has 0 N–H and O–H groups in total. The van der Waals surface area contributed by atoms with Crippen LogP contribution in [0.1, 0.15) is 13.8 Å². The second kappa shape index (κ2) is 3.62. The first-order valence-corrected chi connectivity index (χ1v) is 4.07. The number of hydrogen-bond donors (Lipinski definition) is 0. The quantitative estimate of drug-likeness (QED) is 0.528. The van der Waals surface area contributed by atoms with Crippen molar-refractivity contribution in [3.8, 4) is 0 Å². The molecule has 0 fully saturated rings. The number of alkyl halides is 1. The van der Waals surface area contributed by atoms with Gasteiger partial charge in [0.15, 0.2) is 0 Å². The van der Waals surface area contributed by atoms with Crippen molar-refractivity contribution in [2.75, 3.05) is 6.26 Å². The Hall–Kier alpha value is 0.640. The third-order valence-corrected chi connectivity index (χ3v) is 2.70. The average molecular weight is 139 g/mol. The summed E-state index contributed by atoms with van der Waals surface area (Å²) in [5.41, 5.74) is 0. The van der Waals surface area contributed by atoms with Gasteiger partial charge in [-0.3, -0.25) is 0 Å². The van der Waals surface area contributed by atoms with Gasteiger partial charge in [0.05, 0.1) is 0 Å². The normalized spacial score (nSPS) is 18.9. The highest BCUT2D eigenvalue weighted by Crippen LogP contribution is 2.13. The van der Waals surface area contributed by atoms with Gasteiger partial charge >= 0.3 is 0 Å². The van der Waals surface area contributed by atoms with Crippen molar-refractivity contribution < 1.29 is 0 Å². The van der Waals surface area contributed by atoms with Crippen LogP contribution in [0.4, 0.5) is 0 Å². The van der Waals surface area contributed by atoms with Crippen LogP contribution in [0, 0.1) is 0 Å². The van der Waals surface area contributed by atoms with E-state index in [0.717, 1.165) is 0 Å². The number of rotatable bonds is 2. The number of thioether (sulfide) groups is 1. The number of hydrogen-bond acceptors (Lipinski definition) is 1. The summed E-state index contributed by atoms with van der Waals surface area (Å²) in [4.78, 5) is 0. The molecule has 44 valence electrons. The standard InChI is InChI=1S/C5H11ClS/c1-4(6)5(2)7-3/h4-5H,1-3H3/t4?,5-/m1/s1. The fourth-order valence-corrected chi connectivity index (χ4v) is 0.871. The molecule has 0 aromatic rings. The fraction of sp³-hybridized carbons (Fsp3) is 1.00. The Kier molecular flexibility index (Phi) is 3.95. The summed E-state index contributed by atoms with van der Waals surface area (Å²) in [5, 5.41) is 0.886. The maximum atomic E-state index is 5.71. The fourth-order valence-electron chi connectivity index (χ4n) is 0.188. The Morgan fingerprint density at radius 1 is 1.43 bits per heavy atom. The van der Waals surface area contributed by atoms with Gasteiger partial charge in [-0.25, -0.2) is 0 Å². The van der Waals surface area contributed by atoms with E-state index in [1.807, 2.05) is 6.92 Å². The zero-order chi connectivity index (χ0) is 5.86. The molecular formula is C5H11ClS. The Balaban J connectivity index is 3.14. The van der Waals surface area contributed by atoms with E-state index in [-0.39, 0.29) is 0 Å². The molecule has 0 aromatic heterocycles. The SMILES string of the molecule is CS[C@H](C)C(C)Cl. The summed E-state index contributed by atoms with van der Waals surface area (Å²) in [6, 6.07) is 0. The predicted molar refractivity (Wildman–Crippen MR) is 38.3 cm³/mol. The summed E-state index contributed by atoms with van der Waals surface area (Å²) in [6.45, 7) is 4.14. The van der Waals surface area contributed by atoms with Gasteiger partial charge < -0.3 is 0 Å². The maximum Gasteiger partial charge on any atom is 0.0423 e. The lowest BCUT2D eigenvalue weighted by Gasteiger charge is -2.07. The van der Waals surface area contributed by atoms with Gasteiger partial charge in [0.2, 0.25) is 0 Å². The molecule has 0 aliphatic carbocycles. The molecule has 0 rings (SSSR count). The summed E-state index contributed by atoms with van der Waals surface area (Å²) < 4.78 is 0.